The molecule has 2 aromatic carbocycles. The van der Waals surface area contributed by atoms with E-state index in [1.807, 2.05) is 44.2 Å². The standard InChI is InChI=1S/C17H19NO3/c1-17(2)11-21-10-9-18(17)16(20)14-8-7-12-5-3-4-6-13(12)15(14)19/h3-8,19H,9-11H2,1-2H3. The van der Waals surface area contributed by atoms with Crippen LogP contribution in [-0.4, -0.2) is 41.2 Å². The summed E-state index contributed by atoms with van der Waals surface area (Å²) in [6.45, 7) is 5.53. The van der Waals surface area contributed by atoms with Gasteiger partial charge in [0.05, 0.1) is 24.3 Å². The summed E-state index contributed by atoms with van der Waals surface area (Å²) in [7, 11) is 0. The zero-order chi connectivity index (χ0) is 15.0. The molecule has 1 aliphatic heterocycles. The first-order chi connectivity index (χ1) is 10.0. The largest absolute Gasteiger partial charge is 0.506 e. The van der Waals surface area contributed by atoms with E-state index in [-0.39, 0.29) is 17.2 Å². The number of hydrogen-bond acceptors (Lipinski definition) is 3. The lowest BCUT2D eigenvalue weighted by Gasteiger charge is -2.42. The van der Waals surface area contributed by atoms with Crippen LogP contribution >= 0.6 is 0 Å². The van der Waals surface area contributed by atoms with Crippen LogP contribution in [0.1, 0.15) is 24.2 Å². The predicted molar refractivity (Wildman–Crippen MR) is 81.5 cm³/mol. The van der Waals surface area contributed by atoms with Gasteiger partial charge in [-0.15, -0.1) is 0 Å². The highest BCUT2D eigenvalue weighted by Crippen LogP contribution is 2.31. The van der Waals surface area contributed by atoms with Crippen molar-refractivity contribution in [3.05, 3.63) is 42.0 Å². The Bertz CT molecular complexity index is 693. The van der Waals surface area contributed by atoms with Crippen molar-refractivity contribution in [2.75, 3.05) is 19.8 Å². The molecule has 1 heterocycles. The number of ether oxygens (including phenoxy) is 1. The van der Waals surface area contributed by atoms with Gasteiger partial charge in [-0.25, -0.2) is 0 Å². The second kappa shape index (κ2) is 5.04. The number of rotatable bonds is 1. The Kier molecular flexibility index (Phi) is 3.33. The van der Waals surface area contributed by atoms with Gasteiger partial charge in [0, 0.05) is 11.9 Å². The van der Waals surface area contributed by atoms with E-state index in [0.717, 1.165) is 5.39 Å². The van der Waals surface area contributed by atoms with Gasteiger partial charge in [0.25, 0.3) is 5.91 Å². The Morgan fingerprint density at radius 2 is 2.00 bits per heavy atom. The Labute approximate surface area is 123 Å². The van der Waals surface area contributed by atoms with Crippen LogP contribution in [0.25, 0.3) is 10.8 Å². The highest BCUT2D eigenvalue weighted by Gasteiger charge is 2.35. The Balaban J connectivity index is 2.04. The van der Waals surface area contributed by atoms with Crippen LogP contribution in [0.3, 0.4) is 0 Å². The van der Waals surface area contributed by atoms with Crippen LogP contribution in [0.15, 0.2) is 36.4 Å². The van der Waals surface area contributed by atoms with E-state index in [9.17, 15) is 9.90 Å². The average molecular weight is 285 g/mol. The van der Waals surface area contributed by atoms with Crippen LogP contribution in [-0.2, 0) is 4.74 Å². The number of phenols is 1. The van der Waals surface area contributed by atoms with Gasteiger partial charge in [0.2, 0.25) is 0 Å². The number of fused-ring (bicyclic) bond motifs is 1. The van der Waals surface area contributed by atoms with Gasteiger partial charge in [0.15, 0.2) is 0 Å². The number of carbonyl (C=O) groups excluding carboxylic acids is 1. The van der Waals surface area contributed by atoms with E-state index in [0.29, 0.717) is 30.7 Å². The molecule has 1 amide bonds. The monoisotopic (exact) mass is 285 g/mol. The van der Waals surface area contributed by atoms with Crippen LogP contribution in [0.5, 0.6) is 5.75 Å². The van der Waals surface area contributed by atoms with Crippen molar-refractivity contribution in [3.63, 3.8) is 0 Å². The molecule has 1 N–H and O–H groups in total. The minimum atomic E-state index is -0.368. The van der Waals surface area contributed by atoms with E-state index >= 15 is 0 Å². The number of benzene rings is 2. The summed E-state index contributed by atoms with van der Waals surface area (Å²) >= 11 is 0. The first kappa shape index (κ1) is 13.9. The highest BCUT2D eigenvalue weighted by molar-refractivity contribution is 6.03. The summed E-state index contributed by atoms with van der Waals surface area (Å²) in [4.78, 5) is 14.6. The van der Waals surface area contributed by atoms with Crippen LogP contribution in [0.2, 0.25) is 0 Å². The molecule has 4 heteroatoms. The van der Waals surface area contributed by atoms with Crippen LogP contribution in [0.4, 0.5) is 0 Å². The van der Waals surface area contributed by atoms with Gasteiger partial charge >= 0.3 is 0 Å². The molecule has 0 aromatic heterocycles. The maximum Gasteiger partial charge on any atom is 0.258 e. The van der Waals surface area contributed by atoms with Crippen molar-refractivity contribution in [2.24, 2.45) is 0 Å². The molecule has 0 bridgehead atoms. The molecular formula is C17H19NO3. The molecule has 2 aromatic rings. The van der Waals surface area contributed by atoms with Gasteiger partial charge in [-0.1, -0.05) is 30.3 Å². The van der Waals surface area contributed by atoms with E-state index in [4.69, 9.17) is 4.74 Å². The van der Waals surface area contributed by atoms with E-state index in [2.05, 4.69) is 0 Å². The number of carbonyl (C=O) groups is 1. The van der Waals surface area contributed by atoms with Gasteiger partial charge in [-0.05, 0) is 25.3 Å². The second-order valence-electron chi connectivity index (χ2n) is 6.00. The quantitative estimate of drug-likeness (QED) is 0.876. The minimum absolute atomic E-state index is 0.0559. The number of morpholine rings is 1. The zero-order valence-electron chi connectivity index (χ0n) is 12.3. The maximum atomic E-state index is 12.8. The molecule has 4 nitrogen and oxygen atoms in total. The Morgan fingerprint density at radius 3 is 2.76 bits per heavy atom. The van der Waals surface area contributed by atoms with Gasteiger partial charge in [-0.3, -0.25) is 4.79 Å². The normalized spacial score (nSPS) is 17.9. The van der Waals surface area contributed by atoms with E-state index < -0.39 is 0 Å². The smallest absolute Gasteiger partial charge is 0.258 e. The molecule has 0 saturated carbocycles. The topological polar surface area (TPSA) is 49.8 Å². The highest BCUT2D eigenvalue weighted by atomic mass is 16.5. The first-order valence-electron chi connectivity index (χ1n) is 7.11. The molecule has 3 rings (SSSR count). The molecule has 0 atom stereocenters. The molecule has 21 heavy (non-hydrogen) atoms. The number of aromatic hydroxyl groups is 1. The lowest BCUT2D eigenvalue weighted by Crippen LogP contribution is -2.55. The second-order valence-corrected chi connectivity index (χ2v) is 6.00. The number of amides is 1. The summed E-state index contributed by atoms with van der Waals surface area (Å²) in [6.07, 6.45) is 0. The van der Waals surface area contributed by atoms with Crippen molar-refractivity contribution in [3.8, 4) is 5.75 Å². The maximum absolute atomic E-state index is 12.8. The number of nitrogens with zero attached hydrogens (tertiary/aromatic N) is 1. The van der Waals surface area contributed by atoms with Gasteiger partial charge < -0.3 is 14.7 Å². The van der Waals surface area contributed by atoms with Crippen LogP contribution < -0.4 is 0 Å². The zero-order valence-corrected chi connectivity index (χ0v) is 12.3. The molecule has 1 fully saturated rings. The third-order valence-electron chi connectivity index (χ3n) is 4.02. The number of phenolic OH excluding ortho intramolecular Hbond substituents is 1. The molecule has 1 aliphatic rings. The molecule has 0 spiro atoms. The van der Waals surface area contributed by atoms with E-state index in [1.54, 1.807) is 11.0 Å². The lowest BCUT2D eigenvalue weighted by atomic mass is 9.99. The molecule has 110 valence electrons. The van der Waals surface area contributed by atoms with Crippen LogP contribution in [0, 0.1) is 0 Å². The summed E-state index contributed by atoms with van der Waals surface area (Å²) in [5.74, 6) is -0.0908. The lowest BCUT2D eigenvalue weighted by molar-refractivity contribution is -0.0371. The fourth-order valence-corrected chi connectivity index (χ4v) is 2.81. The molecule has 0 aliphatic carbocycles. The Hall–Kier alpha value is -2.07. The third kappa shape index (κ3) is 2.36. The summed E-state index contributed by atoms with van der Waals surface area (Å²) in [5.41, 5.74) is -0.0170. The Morgan fingerprint density at radius 1 is 1.24 bits per heavy atom. The summed E-state index contributed by atoms with van der Waals surface area (Å²) in [5, 5.41) is 12.1. The SMILES string of the molecule is CC1(C)COCCN1C(=O)c1ccc2ccccc2c1O. The van der Waals surface area contributed by atoms with Gasteiger partial charge in [-0.2, -0.15) is 0 Å². The minimum Gasteiger partial charge on any atom is -0.506 e. The third-order valence-corrected chi connectivity index (χ3v) is 4.02. The van der Waals surface area contributed by atoms with Crippen molar-refractivity contribution in [1.29, 1.82) is 0 Å². The molecule has 1 saturated heterocycles. The number of hydrogen-bond donors (Lipinski definition) is 1. The fraction of sp³-hybridized carbons (Fsp3) is 0.353. The van der Waals surface area contributed by atoms with Gasteiger partial charge in [0.1, 0.15) is 5.75 Å². The van der Waals surface area contributed by atoms with E-state index in [1.165, 1.54) is 0 Å². The average Bonchev–Trinajstić information content (AvgIpc) is 2.47. The fourth-order valence-electron chi connectivity index (χ4n) is 2.81. The van der Waals surface area contributed by atoms with Crippen molar-refractivity contribution in [1.82, 2.24) is 4.90 Å². The first-order valence-corrected chi connectivity index (χ1v) is 7.11. The summed E-state index contributed by atoms with van der Waals surface area (Å²) in [6, 6.07) is 11.1. The van der Waals surface area contributed by atoms with Crippen molar-refractivity contribution < 1.29 is 14.6 Å². The molecule has 0 radical (unpaired) electrons. The molecule has 0 unspecified atom stereocenters. The van der Waals surface area contributed by atoms with Crippen molar-refractivity contribution in [2.45, 2.75) is 19.4 Å². The predicted octanol–water partition coefficient (Wildman–Crippen LogP) is 2.80. The summed E-state index contributed by atoms with van der Waals surface area (Å²) < 4.78 is 5.45. The van der Waals surface area contributed by atoms with Crippen molar-refractivity contribution >= 4 is 16.7 Å². The molecular weight excluding hydrogens is 266 g/mol.